The van der Waals surface area contributed by atoms with Crippen molar-refractivity contribution in [2.24, 2.45) is 0 Å². The largest absolute Gasteiger partial charge is 0.382 e. The summed E-state index contributed by atoms with van der Waals surface area (Å²) in [5, 5.41) is 12.1. The van der Waals surface area contributed by atoms with E-state index in [0.717, 1.165) is 11.3 Å². The second-order valence-corrected chi connectivity index (χ2v) is 7.97. The van der Waals surface area contributed by atoms with Gasteiger partial charge in [-0.1, -0.05) is 42.1 Å². The summed E-state index contributed by atoms with van der Waals surface area (Å²) in [5.41, 5.74) is 1.92. The van der Waals surface area contributed by atoms with Gasteiger partial charge < -0.3 is 4.18 Å². The van der Waals surface area contributed by atoms with Crippen LogP contribution in [0.2, 0.25) is 0 Å². The minimum atomic E-state index is -3.67. The van der Waals surface area contributed by atoms with Crippen LogP contribution in [0, 0.1) is 6.92 Å². The molecule has 0 saturated heterocycles. The van der Waals surface area contributed by atoms with Gasteiger partial charge in [0.25, 0.3) is 0 Å². The summed E-state index contributed by atoms with van der Waals surface area (Å²) in [6.07, 6.45) is 0. The summed E-state index contributed by atoms with van der Waals surface area (Å²) < 4.78 is 30.7. The molecule has 0 atom stereocenters. The molecule has 1 aromatic heterocycles. The van der Waals surface area contributed by atoms with Crippen molar-refractivity contribution in [2.45, 2.75) is 12.1 Å². The van der Waals surface area contributed by atoms with Crippen LogP contribution in [0.25, 0.3) is 5.69 Å². The molecule has 0 unspecified atom stereocenters. The molecule has 0 bridgehead atoms. The van der Waals surface area contributed by atoms with E-state index in [-0.39, 0.29) is 11.5 Å². The normalized spacial score (nSPS) is 11.4. The lowest BCUT2D eigenvalue weighted by Gasteiger charge is -2.07. The third-order valence-corrected chi connectivity index (χ3v) is 5.55. The molecule has 0 aliphatic carbocycles. The smallest absolute Gasteiger partial charge is 0.310 e. The predicted molar refractivity (Wildman–Crippen MR) is 95.5 cm³/mol. The molecule has 7 nitrogen and oxygen atoms in total. The Morgan fingerprint density at radius 3 is 2.68 bits per heavy atom. The molecule has 0 aliphatic heterocycles. The number of aromatic nitrogens is 4. The van der Waals surface area contributed by atoms with Gasteiger partial charge in [0.15, 0.2) is 0 Å². The maximum Gasteiger partial charge on any atom is 0.310 e. The van der Waals surface area contributed by atoms with Crippen LogP contribution in [0.5, 0.6) is 5.75 Å². The molecule has 3 aromatic rings. The summed E-state index contributed by atoms with van der Waals surface area (Å²) in [7, 11) is -3.67. The summed E-state index contributed by atoms with van der Waals surface area (Å²) in [5.74, 6) is 0.436. The first-order valence-corrected chi connectivity index (χ1v) is 10.1. The quantitative estimate of drug-likeness (QED) is 0.462. The van der Waals surface area contributed by atoms with Gasteiger partial charge in [-0.15, -0.1) is 5.10 Å². The van der Waals surface area contributed by atoms with Crippen LogP contribution in [0.15, 0.2) is 59.8 Å². The highest BCUT2D eigenvalue weighted by molar-refractivity contribution is 8.00. The maximum absolute atomic E-state index is 12.0. The van der Waals surface area contributed by atoms with E-state index in [1.807, 2.05) is 31.2 Å². The van der Waals surface area contributed by atoms with Crippen LogP contribution in [-0.2, 0) is 10.1 Å². The molecule has 9 heteroatoms. The van der Waals surface area contributed by atoms with Crippen LogP contribution in [-0.4, -0.2) is 40.1 Å². The van der Waals surface area contributed by atoms with Crippen LogP contribution < -0.4 is 4.18 Å². The van der Waals surface area contributed by atoms with Crippen molar-refractivity contribution >= 4 is 21.9 Å². The van der Waals surface area contributed by atoms with Crippen LogP contribution in [0.1, 0.15) is 5.56 Å². The Morgan fingerprint density at radius 2 is 1.92 bits per heavy atom. The standard InChI is InChI=1S/C16H16N4O3S2/c1-13-6-5-7-14(12-13)20-16(17-18-19-20)24-10-11-25(21,22)23-15-8-3-2-4-9-15/h2-9,12H,10-11H2,1H3. The van der Waals surface area contributed by atoms with E-state index in [2.05, 4.69) is 15.5 Å². The van der Waals surface area contributed by atoms with Crippen molar-refractivity contribution in [1.29, 1.82) is 0 Å². The fourth-order valence-electron chi connectivity index (χ4n) is 2.09. The highest BCUT2D eigenvalue weighted by Gasteiger charge is 2.15. The number of benzene rings is 2. The summed E-state index contributed by atoms with van der Waals surface area (Å²) in [6, 6.07) is 16.2. The number of hydrogen-bond acceptors (Lipinski definition) is 7. The lowest BCUT2D eigenvalue weighted by atomic mass is 10.2. The lowest BCUT2D eigenvalue weighted by molar-refractivity contribution is 0.488. The van der Waals surface area contributed by atoms with Crippen molar-refractivity contribution < 1.29 is 12.6 Å². The molecule has 0 spiro atoms. The Bertz CT molecular complexity index is 943. The number of para-hydroxylation sites is 1. The molecule has 0 aliphatic rings. The summed E-state index contributed by atoms with van der Waals surface area (Å²) in [6.45, 7) is 1.98. The van der Waals surface area contributed by atoms with Gasteiger partial charge in [-0.25, -0.2) is 0 Å². The average Bonchev–Trinajstić information content (AvgIpc) is 3.03. The fraction of sp³-hybridized carbons (Fsp3) is 0.188. The first-order chi connectivity index (χ1) is 12.0. The molecule has 25 heavy (non-hydrogen) atoms. The molecule has 3 rings (SSSR count). The first-order valence-electron chi connectivity index (χ1n) is 7.49. The Morgan fingerprint density at radius 1 is 1.12 bits per heavy atom. The molecule has 1 heterocycles. The average molecular weight is 376 g/mol. The van der Waals surface area contributed by atoms with Crippen LogP contribution in [0.3, 0.4) is 0 Å². The van der Waals surface area contributed by atoms with Gasteiger partial charge in [0.1, 0.15) is 5.75 Å². The second-order valence-electron chi connectivity index (χ2n) is 5.22. The van der Waals surface area contributed by atoms with Crippen LogP contribution >= 0.6 is 11.8 Å². The molecule has 0 radical (unpaired) electrons. The molecule has 0 fully saturated rings. The minimum Gasteiger partial charge on any atom is -0.382 e. The Hall–Kier alpha value is -2.39. The van der Waals surface area contributed by atoms with Crippen molar-refractivity contribution in [2.75, 3.05) is 11.5 Å². The molecule has 0 N–H and O–H groups in total. The zero-order chi connectivity index (χ0) is 17.7. The topological polar surface area (TPSA) is 87.0 Å². The van der Waals surface area contributed by atoms with Gasteiger partial charge in [0, 0.05) is 5.75 Å². The molecular weight excluding hydrogens is 360 g/mol. The molecule has 0 saturated carbocycles. The van der Waals surface area contributed by atoms with E-state index in [0.29, 0.717) is 10.9 Å². The SMILES string of the molecule is Cc1cccc(-n2nnnc2SCCS(=O)(=O)Oc2ccccc2)c1. The van der Waals surface area contributed by atoms with E-state index in [9.17, 15) is 8.42 Å². The Labute approximate surface area is 150 Å². The zero-order valence-corrected chi connectivity index (χ0v) is 15.1. The number of hydrogen-bond donors (Lipinski definition) is 0. The zero-order valence-electron chi connectivity index (χ0n) is 13.4. The maximum atomic E-state index is 12.0. The van der Waals surface area contributed by atoms with Gasteiger partial charge in [0.05, 0.1) is 11.4 Å². The Kier molecular flexibility index (Phi) is 5.34. The highest BCUT2D eigenvalue weighted by Crippen LogP contribution is 2.20. The van der Waals surface area contributed by atoms with Gasteiger partial charge in [-0.2, -0.15) is 13.1 Å². The number of aryl methyl sites for hydroxylation is 1. The first kappa shape index (κ1) is 17.4. The molecule has 130 valence electrons. The van der Waals surface area contributed by atoms with E-state index in [1.54, 1.807) is 35.0 Å². The third-order valence-electron chi connectivity index (χ3n) is 3.22. The third kappa shape index (κ3) is 4.80. The van der Waals surface area contributed by atoms with E-state index in [4.69, 9.17) is 4.18 Å². The van der Waals surface area contributed by atoms with Gasteiger partial charge >= 0.3 is 10.1 Å². The monoisotopic (exact) mass is 376 g/mol. The van der Waals surface area contributed by atoms with E-state index < -0.39 is 10.1 Å². The highest BCUT2D eigenvalue weighted by atomic mass is 32.2. The second kappa shape index (κ2) is 7.66. The van der Waals surface area contributed by atoms with E-state index >= 15 is 0 Å². The Balaban J connectivity index is 1.62. The number of nitrogens with zero attached hydrogens (tertiary/aromatic N) is 4. The van der Waals surface area contributed by atoms with Crippen molar-refractivity contribution in [3.63, 3.8) is 0 Å². The van der Waals surface area contributed by atoms with Gasteiger partial charge in [-0.3, -0.25) is 0 Å². The van der Waals surface area contributed by atoms with Gasteiger partial charge in [0.2, 0.25) is 5.16 Å². The lowest BCUT2D eigenvalue weighted by Crippen LogP contribution is -2.15. The summed E-state index contributed by atoms with van der Waals surface area (Å²) in [4.78, 5) is 0. The van der Waals surface area contributed by atoms with Crippen molar-refractivity contribution in [3.8, 4) is 11.4 Å². The number of thioether (sulfide) groups is 1. The van der Waals surface area contributed by atoms with Crippen molar-refractivity contribution in [3.05, 3.63) is 60.2 Å². The fourth-order valence-corrected chi connectivity index (χ4v) is 4.27. The van der Waals surface area contributed by atoms with Crippen molar-refractivity contribution in [1.82, 2.24) is 20.2 Å². The number of rotatable bonds is 7. The van der Waals surface area contributed by atoms with Crippen LogP contribution in [0.4, 0.5) is 0 Å². The molecule has 0 amide bonds. The molecule has 2 aromatic carbocycles. The molecular formula is C16H16N4O3S2. The number of tetrazole rings is 1. The predicted octanol–water partition coefficient (Wildman–Crippen LogP) is 2.47. The minimum absolute atomic E-state index is 0.146. The summed E-state index contributed by atoms with van der Waals surface area (Å²) >= 11 is 1.26. The van der Waals surface area contributed by atoms with E-state index in [1.165, 1.54) is 11.8 Å². The van der Waals surface area contributed by atoms with Gasteiger partial charge in [-0.05, 0) is 47.2 Å².